The lowest BCUT2D eigenvalue weighted by atomic mass is 9.64. The van der Waals surface area contributed by atoms with Gasteiger partial charge in [0.1, 0.15) is 6.10 Å². The Morgan fingerprint density at radius 1 is 1.53 bits per heavy atom. The van der Waals surface area contributed by atoms with E-state index in [0.29, 0.717) is 19.3 Å². The third-order valence-electron chi connectivity index (χ3n) is 4.50. The standard InChI is InChI=1S/C14H19NO4/c1-4-11(16)19-10-8-6-7-9-12(17)15(3)13(18)14(9,10)5-2/h4,9-10H,1,5-8H2,2-3H3. The van der Waals surface area contributed by atoms with E-state index in [1.54, 1.807) is 0 Å². The average Bonchev–Trinajstić information content (AvgIpc) is 2.62. The van der Waals surface area contributed by atoms with E-state index in [-0.39, 0.29) is 17.7 Å². The van der Waals surface area contributed by atoms with Crippen molar-refractivity contribution in [2.24, 2.45) is 11.3 Å². The van der Waals surface area contributed by atoms with Gasteiger partial charge in [0.05, 0.1) is 11.3 Å². The molecule has 0 spiro atoms. The zero-order valence-electron chi connectivity index (χ0n) is 11.3. The van der Waals surface area contributed by atoms with Crippen LogP contribution in [0.2, 0.25) is 0 Å². The van der Waals surface area contributed by atoms with Crippen LogP contribution in [-0.4, -0.2) is 35.8 Å². The van der Waals surface area contributed by atoms with Crippen LogP contribution in [0.1, 0.15) is 32.6 Å². The van der Waals surface area contributed by atoms with Crippen molar-refractivity contribution in [1.29, 1.82) is 0 Å². The Morgan fingerprint density at radius 3 is 2.79 bits per heavy atom. The zero-order chi connectivity index (χ0) is 14.2. The molecule has 2 fully saturated rings. The van der Waals surface area contributed by atoms with Gasteiger partial charge in [0.15, 0.2) is 0 Å². The first kappa shape index (κ1) is 13.8. The van der Waals surface area contributed by atoms with Gasteiger partial charge in [0.2, 0.25) is 11.8 Å². The number of hydrogen-bond acceptors (Lipinski definition) is 4. The number of imide groups is 1. The number of esters is 1. The molecule has 1 aliphatic heterocycles. The summed E-state index contributed by atoms with van der Waals surface area (Å²) < 4.78 is 5.36. The van der Waals surface area contributed by atoms with Gasteiger partial charge < -0.3 is 4.74 Å². The van der Waals surface area contributed by atoms with E-state index < -0.39 is 17.5 Å². The van der Waals surface area contributed by atoms with E-state index in [9.17, 15) is 14.4 Å². The van der Waals surface area contributed by atoms with Gasteiger partial charge in [0, 0.05) is 13.1 Å². The smallest absolute Gasteiger partial charge is 0.330 e. The van der Waals surface area contributed by atoms with Crippen molar-refractivity contribution in [3.05, 3.63) is 12.7 Å². The zero-order valence-corrected chi connectivity index (χ0v) is 11.3. The molecule has 5 heteroatoms. The fourth-order valence-electron chi connectivity index (χ4n) is 3.50. The largest absolute Gasteiger partial charge is 0.458 e. The van der Waals surface area contributed by atoms with Crippen LogP contribution in [-0.2, 0) is 19.1 Å². The SMILES string of the molecule is C=CC(=O)OC1CCCC2C(=O)N(C)C(=O)C12CC. The predicted octanol–water partition coefficient (Wildman–Crippen LogP) is 1.28. The van der Waals surface area contributed by atoms with Crippen LogP contribution in [0, 0.1) is 11.3 Å². The molecule has 3 unspecified atom stereocenters. The first-order valence-electron chi connectivity index (χ1n) is 6.64. The van der Waals surface area contributed by atoms with Crippen molar-refractivity contribution in [3.63, 3.8) is 0 Å². The highest BCUT2D eigenvalue weighted by molar-refractivity contribution is 6.07. The van der Waals surface area contributed by atoms with Gasteiger partial charge in [0.25, 0.3) is 0 Å². The third-order valence-corrected chi connectivity index (χ3v) is 4.50. The van der Waals surface area contributed by atoms with E-state index >= 15 is 0 Å². The number of carbonyl (C=O) groups excluding carboxylic acids is 3. The minimum Gasteiger partial charge on any atom is -0.458 e. The molecule has 1 saturated carbocycles. The molecule has 104 valence electrons. The minimum atomic E-state index is -0.872. The van der Waals surface area contributed by atoms with Crippen LogP contribution >= 0.6 is 0 Å². The Hall–Kier alpha value is -1.65. The fourth-order valence-corrected chi connectivity index (χ4v) is 3.50. The maximum Gasteiger partial charge on any atom is 0.330 e. The fraction of sp³-hybridized carbons (Fsp3) is 0.643. The Morgan fingerprint density at radius 2 is 2.21 bits per heavy atom. The highest BCUT2D eigenvalue weighted by atomic mass is 16.5. The number of hydrogen-bond donors (Lipinski definition) is 0. The van der Waals surface area contributed by atoms with Crippen molar-refractivity contribution in [1.82, 2.24) is 4.90 Å². The van der Waals surface area contributed by atoms with Crippen LogP contribution < -0.4 is 0 Å². The summed E-state index contributed by atoms with van der Waals surface area (Å²) in [4.78, 5) is 37.3. The summed E-state index contributed by atoms with van der Waals surface area (Å²) >= 11 is 0. The van der Waals surface area contributed by atoms with Gasteiger partial charge in [-0.25, -0.2) is 4.79 Å². The molecule has 0 aromatic carbocycles. The normalized spacial score (nSPS) is 34.1. The molecule has 5 nitrogen and oxygen atoms in total. The lowest BCUT2D eigenvalue weighted by Crippen LogP contribution is -2.49. The predicted molar refractivity (Wildman–Crippen MR) is 67.9 cm³/mol. The van der Waals surface area contributed by atoms with Gasteiger partial charge in [-0.05, 0) is 25.7 Å². The molecule has 1 heterocycles. The van der Waals surface area contributed by atoms with Crippen molar-refractivity contribution >= 4 is 17.8 Å². The second kappa shape index (κ2) is 4.79. The van der Waals surface area contributed by atoms with Crippen molar-refractivity contribution in [2.45, 2.75) is 38.7 Å². The average molecular weight is 265 g/mol. The molecule has 0 aromatic rings. The van der Waals surface area contributed by atoms with E-state index in [1.807, 2.05) is 6.92 Å². The second-order valence-electron chi connectivity index (χ2n) is 5.21. The van der Waals surface area contributed by atoms with Crippen LogP contribution in [0.25, 0.3) is 0 Å². The molecule has 19 heavy (non-hydrogen) atoms. The number of carbonyl (C=O) groups is 3. The van der Waals surface area contributed by atoms with Gasteiger partial charge in [-0.2, -0.15) is 0 Å². The first-order valence-corrected chi connectivity index (χ1v) is 6.64. The summed E-state index contributed by atoms with van der Waals surface area (Å²) in [7, 11) is 1.51. The molecule has 0 aromatic heterocycles. The van der Waals surface area contributed by atoms with Crippen LogP contribution in [0.5, 0.6) is 0 Å². The summed E-state index contributed by atoms with van der Waals surface area (Å²) in [5.41, 5.74) is -0.872. The van der Waals surface area contributed by atoms with Gasteiger partial charge in [-0.3, -0.25) is 14.5 Å². The highest BCUT2D eigenvalue weighted by Gasteiger charge is 2.63. The maximum absolute atomic E-state index is 12.5. The summed E-state index contributed by atoms with van der Waals surface area (Å²) in [6.07, 6.45) is 3.17. The van der Waals surface area contributed by atoms with E-state index in [0.717, 1.165) is 12.5 Å². The Labute approximate surface area is 112 Å². The van der Waals surface area contributed by atoms with Gasteiger partial charge >= 0.3 is 5.97 Å². The van der Waals surface area contributed by atoms with Crippen molar-refractivity contribution in [3.8, 4) is 0 Å². The number of ether oxygens (including phenoxy) is 1. The van der Waals surface area contributed by atoms with Crippen LogP contribution in [0.3, 0.4) is 0 Å². The molecule has 0 bridgehead atoms. The van der Waals surface area contributed by atoms with E-state index in [1.165, 1.54) is 11.9 Å². The van der Waals surface area contributed by atoms with Crippen LogP contribution in [0.15, 0.2) is 12.7 Å². The van der Waals surface area contributed by atoms with Crippen molar-refractivity contribution in [2.75, 3.05) is 7.05 Å². The maximum atomic E-state index is 12.5. The number of fused-ring (bicyclic) bond motifs is 1. The highest BCUT2D eigenvalue weighted by Crippen LogP contribution is 2.51. The molecular weight excluding hydrogens is 246 g/mol. The molecule has 0 N–H and O–H groups in total. The Bertz CT molecular complexity index is 445. The van der Waals surface area contributed by atoms with Gasteiger partial charge in [-0.1, -0.05) is 13.5 Å². The molecule has 1 saturated heterocycles. The number of nitrogens with zero attached hydrogens (tertiary/aromatic N) is 1. The third kappa shape index (κ3) is 1.79. The molecule has 2 amide bonds. The molecular formula is C14H19NO4. The number of amides is 2. The summed E-state index contributed by atoms with van der Waals surface area (Å²) in [5, 5.41) is 0. The lowest BCUT2D eigenvalue weighted by molar-refractivity contribution is -0.164. The topological polar surface area (TPSA) is 63.7 Å². The summed E-state index contributed by atoms with van der Waals surface area (Å²) in [5.74, 6) is -1.25. The first-order chi connectivity index (χ1) is 8.98. The van der Waals surface area contributed by atoms with E-state index in [4.69, 9.17) is 4.74 Å². The monoisotopic (exact) mass is 265 g/mol. The number of rotatable bonds is 3. The molecule has 3 atom stereocenters. The molecule has 2 rings (SSSR count). The molecule has 1 aliphatic carbocycles. The molecule has 0 radical (unpaired) electrons. The summed E-state index contributed by atoms with van der Waals surface area (Å²) in [6.45, 7) is 5.24. The minimum absolute atomic E-state index is 0.147. The second-order valence-corrected chi connectivity index (χ2v) is 5.21. The number of likely N-dealkylation sites (tertiary alicyclic amines) is 1. The van der Waals surface area contributed by atoms with Gasteiger partial charge in [-0.15, -0.1) is 0 Å². The quantitative estimate of drug-likeness (QED) is 0.438. The Kier molecular flexibility index (Phi) is 3.47. The van der Waals surface area contributed by atoms with Crippen molar-refractivity contribution < 1.29 is 19.1 Å². The molecule has 2 aliphatic rings. The van der Waals surface area contributed by atoms with Crippen LogP contribution in [0.4, 0.5) is 0 Å². The lowest BCUT2D eigenvalue weighted by Gasteiger charge is -2.41. The Balaban J connectivity index is 2.40. The summed E-state index contributed by atoms with van der Waals surface area (Å²) in [6, 6.07) is 0. The van der Waals surface area contributed by atoms with E-state index in [2.05, 4.69) is 6.58 Å².